The molecule has 5 heteroatoms. The lowest BCUT2D eigenvalue weighted by atomic mass is 10.1. The van der Waals surface area contributed by atoms with Crippen molar-refractivity contribution in [3.63, 3.8) is 0 Å². The van der Waals surface area contributed by atoms with Gasteiger partial charge >= 0.3 is 0 Å². The Morgan fingerprint density at radius 2 is 2.00 bits per heavy atom. The fourth-order valence-electron chi connectivity index (χ4n) is 2.11. The quantitative estimate of drug-likeness (QED) is 0.589. The summed E-state index contributed by atoms with van der Waals surface area (Å²) in [5, 5.41) is 0.951. The molecule has 0 unspecified atom stereocenters. The lowest BCUT2D eigenvalue weighted by Gasteiger charge is -2.21. The van der Waals surface area contributed by atoms with Crippen molar-refractivity contribution in [3.8, 4) is 11.5 Å². The van der Waals surface area contributed by atoms with Gasteiger partial charge in [-0.05, 0) is 30.5 Å². The molecule has 0 fully saturated rings. The summed E-state index contributed by atoms with van der Waals surface area (Å²) in [6, 6.07) is 5.85. The summed E-state index contributed by atoms with van der Waals surface area (Å²) in [6.45, 7) is 1.78. The van der Waals surface area contributed by atoms with Gasteiger partial charge in [0.1, 0.15) is 13.2 Å². The zero-order valence-corrected chi connectivity index (χ0v) is 13.3. The van der Waals surface area contributed by atoms with E-state index >= 15 is 0 Å². The van der Waals surface area contributed by atoms with E-state index in [1.807, 2.05) is 25.2 Å². The zero-order chi connectivity index (χ0) is 14.4. The van der Waals surface area contributed by atoms with E-state index in [1.54, 1.807) is 4.90 Å². The van der Waals surface area contributed by atoms with Gasteiger partial charge in [0.15, 0.2) is 11.5 Å². The minimum absolute atomic E-state index is 0.181. The highest BCUT2D eigenvalue weighted by Gasteiger charge is 2.14. The largest absolute Gasteiger partial charge is 0.486 e. The molecule has 0 saturated carbocycles. The van der Waals surface area contributed by atoms with Crippen LogP contribution in [0.3, 0.4) is 0 Å². The summed E-state index contributed by atoms with van der Waals surface area (Å²) in [5.41, 5.74) is 1.06. The van der Waals surface area contributed by atoms with Gasteiger partial charge in [-0.15, -0.1) is 0 Å². The molecule has 1 aromatic carbocycles. The molecule has 1 aliphatic rings. The molecule has 1 aliphatic heterocycles. The molecule has 0 aromatic heterocycles. The number of benzene rings is 1. The van der Waals surface area contributed by atoms with Crippen molar-refractivity contribution < 1.29 is 14.3 Å². The van der Waals surface area contributed by atoms with Crippen LogP contribution in [0.4, 0.5) is 0 Å². The van der Waals surface area contributed by atoms with Crippen LogP contribution in [0.2, 0.25) is 0 Å². The Balaban J connectivity index is 1.90. The summed E-state index contributed by atoms with van der Waals surface area (Å²) in [5.74, 6) is 1.74. The lowest BCUT2D eigenvalue weighted by Crippen LogP contribution is -2.26. The van der Waals surface area contributed by atoms with E-state index in [2.05, 4.69) is 15.9 Å². The third-order valence-electron chi connectivity index (χ3n) is 3.23. The summed E-state index contributed by atoms with van der Waals surface area (Å²) >= 11 is 3.37. The number of hydrogen-bond acceptors (Lipinski definition) is 3. The van der Waals surface area contributed by atoms with Crippen molar-refractivity contribution in [1.29, 1.82) is 0 Å². The lowest BCUT2D eigenvalue weighted by molar-refractivity contribution is -0.130. The Morgan fingerprint density at radius 3 is 2.75 bits per heavy atom. The molecule has 0 atom stereocenters. The summed E-state index contributed by atoms with van der Waals surface area (Å²) in [7, 11) is 1.84. The number of carbonyl (C=O) groups excluding carboxylic acids is 1. The predicted octanol–water partition coefficient (Wildman–Crippen LogP) is 2.98. The first-order valence-electron chi connectivity index (χ1n) is 6.89. The first-order chi connectivity index (χ1) is 9.70. The fourth-order valence-corrected chi connectivity index (χ4v) is 2.51. The third-order valence-corrected chi connectivity index (χ3v) is 3.79. The predicted molar refractivity (Wildman–Crippen MR) is 81.6 cm³/mol. The van der Waals surface area contributed by atoms with E-state index in [4.69, 9.17) is 9.47 Å². The molecule has 4 nitrogen and oxygen atoms in total. The van der Waals surface area contributed by atoms with Crippen LogP contribution in [0.1, 0.15) is 24.8 Å². The van der Waals surface area contributed by atoms with Crippen LogP contribution in [-0.4, -0.2) is 36.4 Å². The number of fused-ring (bicyclic) bond motifs is 1. The Kier molecular flexibility index (Phi) is 5.71. The van der Waals surface area contributed by atoms with Crippen molar-refractivity contribution in [2.24, 2.45) is 0 Å². The molecule has 1 amide bonds. The molecule has 1 aromatic rings. The molecule has 0 saturated heterocycles. The number of rotatable bonds is 6. The second kappa shape index (κ2) is 7.53. The normalized spacial score (nSPS) is 13.1. The molecule has 2 rings (SSSR count). The van der Waals surface area contributed by atoms with Crippen molar-refractivity contribution >= 4 is 21.8 Å². The average Bonchev–Trinajstić information content (AvgIpc) is 2.47. The summed E-state index contributed by atoms with van der Waals surface area (Å²) in [4.78, 5) is 13.7. The van der Waals surface area contributed by atoms with Gasteiger partial charge < -0.3 is 14.4 Å². The monoisotopic (exact) mass is 341 g/mol. The Morgan fingerprint density at radius 1 is 1.25 bits per heavy atom. The van der Waals surface area contributed by atoms with Crippen molar-refractivity contribution in [3.05, 3.63) is 23.8 Å². The number of hydrogen-bond donors (Lipinski definition) is 0. The standard InChI is InChI=1S/C15H20BrNO3/c1-17(15(18)4-2-3-7-16)11-12-5-6-13-14(10-12)20-9-8-19-13/h5-6,10H,2-4,7-9,11H2,1H3. The molecule has 0 bridgehead atoms. The number of unbranched alkanes of at least 4 members (excludes halogenated alkanes) is 1. The second-order valence-electron chi connectivity index (χ2n) is 4.87. The molecule has 110 valence electrons. The van der Waals surface area contributed by atoms with Crippen molar-refractivity contribution in [2.75, 3.05) is 25.6 Å². The van der Waals surface area contributed by atoms with Gasteiger partial charge in [0.25, 0.3) is 0 Å². The first-order valence-corrected chi connectivity index (χ1v) is 8.01. The molecule has 20 heavy (non-hydrogen) atoms. The highest BCUT2D eigenvalue weighted by Crippen LogP contribution is 2.31. The van der Waals surface area contributed by atoms with Gasteiger partial charge in [-0.1, -0.05) is 22.0 Å². The van der Waals surface area contributed by atoms with Gasteiger partial charge in [0, 0.05) is 25.3 Å². The van der Waals surface area contributed by atoms with Crippen LogP contribution in [0.25, 0.3) is 0 Å². The fraction of sp³-hybridized carbons (Fsp3) is 0.533. The third kappa shape index (κ3) is 4.13. The topological polar surface area (TPSA) is 38.8 Å². The highest BCUT2D eigenvalue weighted by molar-refractivity contribution is 9.09. The molecule has 0 aliphatic carbocycles. The van der Waals surface area contributed by atoms with Gasteiger partial charge in [0.05, 0.1) is 0 Å². The maximum atomic E-state index is 12.0. The Bertz CT molecular complexity index is 464. The average molecular weight is 342 g/mol. The molecule has 1 heterocycles. The van der Waals surface area contributed by atoms with E-state index in [0.29, 0.717) is 26.2 Å². The van der Waals surface area contributed by atoms with Crippen LogP contribution in [0.5, 0.6) is 11.5 Å². The Hall–Kier alpha value is -1.23. The minimum Gasteiger partial charge on any atom is -0.486 e. The zero-order valence-electron chi connectivity index (χ0n) is 11.7. The van der Waals surface area contributed by atoms with E-state index in [0.717, 1.165) is 35.2 Å². The summed E-state index contributed by atoms with van der Waals surface area (Å²) in [6.07, 6.45) is 2.56. The van der Waals surface area contributed by atoms with Gasteiger partial charge in [-0.3, -0.25) is 4.79 Å². The minimum atomic E-state index is 0.181. The number of amides is 1. The first kappa shape index (κ1) is 15.2. The van der Waals surface area contributed by atoms with E-state index in [9.17, 15) is 4.79 Å². The van der Waals surface area contributed by atoms with Gasteiger partial charge in [0.2, 0.25) is 5.91 Å². The second-order valence-corrected chi connectivity index (χ2v) is 5.67. The van der Waals surface area contributed by atoms with Crippen LogP contribution < -0.4 is 9.47 Å². The number of nitrogens with zero attached hydrogens (tertiary/aromatic N) is 1. The number of halogens is 1. The van der Waals surface area contributed by atoms with E-state index in [-0.39, 0.29) is 5.91 Å². The number of ether oxygens (including phenoxy) is 2. The van der Waals surface area contributed by atoms with Crippen LogP contribution in [-0.2, 0) is 11.3 Å². The molecular weight excluding hydrogens is 322 g/mol. The summed E-state index contributed by atoms with van der Waals surface area (Å²) < 4.78 is 11.0. The maximum Gasteiger partial charge on any atom is 0.222 e. The van der Waals surface area contributed by atoms with E-state index < -0.39 is 0 Å². The van der Waals surface area contributed by atoms with Crippen LogP contribution in [0, 0.1) is 0 Å². The maximum absolute atomic E-state index is 12.0. The van der Waals surface area contributed by atoms with E-state index in [1.165, 1.54) is 0 Å². The molecule has 0 spiro atoms. The Labute approximate surface area is 128 Å². The van der Waals surface area contributed by atoms with Crippen LogP contribution in [0.15, 0.2) is 18.2 Å². The molecular formula is C15H20BrNO3. The molecule has 0 N–H and O–H groups in total. The smallest absolute Gasteiger partial charge is 0.222 e. The highest BCUT2D eigenvalue weighted by atomic mass is 79.9. The number of alkyl halides is 1. The van der Waals surface area contributed by atoms with Crippen LogP contribution >= 0.6 is 15.9 Å². The van der Waals surface area contributed by atoms with Crippen molar-refractivity contribution in [1.82, 2.24) is 4.90 Å². The SMILES string of the molecule is CN(Cc1ccc2c(c1)OCCO2)C(=O)CCCCBr. The van der Waals surface area contributed by atoms with Crippen molar-refractivity contribution in [2.45, 2.75) is 25.8 Å². The van der Waals surface area contributed by atoms with Gasteiger partial charge in [-0.25, -0.2) is 0 Å². The molecule has 0 radical (unpaired) electrons. The number of carbonyl (C=O) groups is 1. The van der Waals surface area contributed by atoms with Gasteiger partial charge in [-0.2, -0.15) is 0 Å².